The minimum absolute atomic E-state index is 0.0244. The number of nitrogens with two attached hydrogens (primary N) is 1. The largest absolute Gasteiger partial charge is 0.508 e. The Morgan fingerprint density at radius 3 is 2.48 bits per heavy atom. The van der Waals surface area contributed by atoms with E-state index in [1.807, 2.05) is 4.90 Å². The first-order chi connectivity index (χ1) is 19.8. The maximum absolute atomic E-state index is 14.9. The van der Waals surface area contributed by atoms with Crippen LogP contribution in [0, 0.1) is 24.6 Å². The van der Waals surface area contributed by atoms with Crippen molar-refractivity contribution >= 4 is 27.6 Å². The van der Waals surface area contributed by atoms with Gasteiger partial charge in [-0.05, 0) is 49.1 Å². The minimum atomic E-state index is -3.46. The first-order valence-corrected chi connectivity index (χ1v) is 15.9. The van der Waals surface area contributed by atoms with E-state index >= 15 is 0 Å². The Kier molecular flexibility index (Phi) is 9.69. The number of likely N-dealkylation sites (tertiary alicyclic amines) is 2. The lowest BCUT2D eigenvalue weighted by Gasteiger charge is -2.45. The third kappa shape index (κ3) is 6.99. The number of carbonyl (C=O) groups is 3. The first kappa shape index (κ1) is 31.6. The van der Waals surface area contributed by atoms with Gasteiger partial charge in [0.15, 0.2) is 5.78 Å². The van der Waals surface area contributed by atoms with Crippen molar-refractivity contribution in [2.24, 2.45) is 17.6 Å². The molecule has 228 valence electrons. The number of Topliss-reactive ketones (excluding diaryl/α,β-unsaturated/α-hetero) is 1. The fourth-order valence-electron chi connectivity index (χ4n) is 6.32. The molecule has 42 heavy (non-hydrogen) atoms. The number of phenols is 1. The van der Waals surface area contributed by atoms with Crippen LogP contribution in [-0.2, 0) is 19.6 Å². The summed E-state index contributed by atoms with van der Waals surface area (Å²) in [7, 11) is -1.99. The van der Waals surface area contributed by atoms with Crippen LogP contribution < -0.4 is 5.73 Å². The molecule has 0 radical (unpaired) electrons. The molecule has 4 atom stereocenters. The van der Waals surface area contributed by atoms with Gasteiger partial charge in [0.1, 0.15) is 11.6 Å². The Hall–Kier alpha value is -3.35. The summed E-state index contributed by atoms with van der Waals surface area (Å²) in [6, 6.07) is 10.3. The second-order valence-corrected chi connectivity index (χ2v) is 13.5. The number of benzene rings is 2. The van der Waals surface area contributed by atoms with E-state index in [0.717, 1.165) is 6.26 Å². The van der Waals surface area contributed by atoms with Gasteiger partial charge in [0.2, 0.25) is 21.8 Å². The van der Waals surface area contributed by atoms with E-state index in [-0.39, 0.29) is 61.6 Å². The zero-order chi connectivity index (χ0) is 30.8. The van der Waals surface area contributed by atoms with Gasteiger partial charge in [0, 0.05) is 69.6 Å². The zero-order valence-electron chi connectivity index (χ0n) is 24.2. The number of piperidine rings is 1. The monoisotopic (exact) mass is 602 g/mol. The predicted octanol–water partition coefficient (Wildman–Crippen LogP) is 2.11. The first-order valence-electron chi connectivity index (χ1n) is 14.1. The van der Waals surface area contributed by atoms with Crippen LogP contribution in [0.3, 0.4) is 0 Å². The normalized spacial score (nSPS) is 23.3. The molecule has 0 aliphatic carbocycles. The molecular formula is C30H39FN4O6S. The highest BCUT2D eigenvalue weighted by Gasteiger charge is 2.48. The third-order valence-corrected chi connectivity index (χ3v) is 9.94. The molecule has 0 saturated carbocycles. The summed E-state index contributed by atoms with van der Waals surface area (Å²) in [4.78, 5) is 43.9. The number of phenolic OH excluding ortho intramolecular Hbond substituents is 1. The molecule has 1 unspecified atom stereocenters. The predicted molar refractivity (Wildman–Crippen MR) is 156 cm³/mol. The molecule has 2 amide bonds. The SMILES string of the molecule is Cc1c(F)cccc1[C@@H]1[C@@H](C(=O)c2cccc(O)c2)CN(CCN(C)S(C)(=O)=O)C[C@H]1C(=O)N1CCCC1CC(N)=O. The lowest BCUT2D eigenvalue weighted by molar-refractivity contribution is -0.140. The molecule has 0 aromatic heterocycles. The standard InChI is InChI=1S/C30H39FN4O6S/c1-19-23(10-5-11-26(19)31)28-24(29(38)20-7-4-9-22(36)15-20)17-34(14-13-33(2)42(3,40)41)18-25(28)30(39)35-12-6-8-21(35)16-27(32)37/h4-5,7,9-11,15,21,24-25,28,36H,6,8,12-14,16-18H2,1-3H3,(H2,32,37)/t21?,24-,25+,28+/m0/s1. The van der Waals surface area contributed by atoms with Gasteiger partial charge >= 0.3 is 0 Å². The van der Waals surface area contributed by atoms with Crippen molar-refractivity contribution in [3.05, 3.63) is 65.0 Å². The van der Waals surface area contributed by atoms with E-state index in [9.17, 15) is 32.3 Å². The summed E-state index contributed by atoms with van der Waals surface area (Å²) in [6.07, 6.45) is 2.46. The number of halogens is 1. The average molecular weight is 603 g/mol. The smallest absolute Gasteiger partial charge is 0.227 e. The summed E-state index contributed by atoms with van der Waals surface area (Å²) >= 11 is 0. The molecule has 2 aromatic rings. The van der Waals surface area contributed by atoms with Gasteiger partial charge in [0.25, 0.3) is 0 Å². The second-order valence-electron chi connectivity index (χ2n) is 11.4. The number of carbonyl (C=O) groups excluding carboxylic acids is 3. The molecule has 2 aliphatic heterocycles. The van der Waals surface area contributed by atoms with Crippen molar-refractivity contribution in [1.29, 1.82) is 0 Å². The zero-order valence-corrected chi connectivity index (χ0v) is 25.0. The quantitative estimate of drug-likeness (QED) is 0.397. The van der Waals surface area contributed by atoms with Gasteiger partial charge in [-0.1, -0.05) is 24.3 Å². The maximum atomic E-state index is 14.9. The number of hydrogen-bond donors (Lipinski definition) is 2. The van der Waals surface area contributed by atoms with E-state index in [0.29, 0.717) is 30.5 Å². The van der Waals surface area contributed by atoms with Gasteiger partial charge in [0.05, 0.1) is 12.2 Å². The van der Waals surface area contributed by atoms with Gasteiger partial charge in [-0.3, -0.25) is 14.4 Å². The van der Waals surface area contributed by atoms with E-state index in [1.54, 1.807) is 36.1 Å². The molecule has 2 heterocycles. The fourth-order valence-corrected chi connectivity index (χ4v) is 6.74. The number of amides is 2. The topological polar surface area (TPSA) is 141 Å². The molecular weight excluding hydrogens is 563 g/mol. The number of primary amides is 1. The Labute approximate surface area is 246 Å². The lowest BCUT2D eigenvalue weighted by atomic mass is 9.69. The summed E-state index contributed by atoms with van der Waals surface area (Å²) in [5.74, 6) is -3.91. The van der Waals surface area contributed by atoms with E-state index in [1.165, 1.54) is 29.6 Å². The summed E-state index contributed by atoms with van der Waals surface area (Å²) < 4.78 is 40.3. The van der Waals surface area contributed by atoms with Crippen molar-refractivity contribution in [3.63, 3.8) is 0 Å². The van der Waals surface area contributed by atoms with Crippen LogP contribution in [0.2, 0.25) is 0 Å². The number of nitrogens with zero attached hydrogens (tertiary/aromatic N) is 3. The Balaban J connectivity index is 1.80. The Morgan fingerprint density at radius 1 is 1.12 bits per heavy atom. The van der Waals surface area contributed by atoms with Crippen LogP contribution in [0.4, 0.5) is 4.39 Å². The minimum Gasteiger partial charge on any atom is -0.508 e. The Bertz CT molecular complexity index is 1450. The van der Waals surface area contributed by atoms with Gasteiger partial charge < -0.3 is 20.6 Å². The van der Waals surface area contributed by atoms with E-state index in [4.69, 9.17) is 5.73 Å². The molecule has 2 fully saturated rings. The lowest BCUT2D eigenvalue weighted by Crippen LogP contribution is -2.55. The van der Waals surface area contributed by atoms with Crippen LogP contribution in [-0.4, -0.2) is 97.3 Å². The fraction of sp³-hybridized carbons (Fsp3) is 0.500. The highest BCUT2D eigenvalue weighted by atomic mass is 32.2. The number of ketones is 1. The summed E-state index contributed by atoms with van der Waals surface area (Å²) in [6.45, 7) is 2.87. The van der Waals surface area contributed by atoms with Gasteiger partial charge in [-0.25, -0.2) is 17.1 Å². The second kappa shape index (κ2) is 12.9. The van der Waals surface area contributed by atoms with Gasteiger partial charge in [-0.15, -0.1) is 0 Å². The third-order valence-electron chi connectivity index (χ3n) is 8.62. The summed E-state index contributed by atoms with van der Waals surface area (Å²) in [5.41, 5.74) is 6.63. The molecule has 2 saturated heterocycles. The molecule has 12 heteroatoms. The molecule has 4 rings (SSSR count). The molecule has 0 bridgehead atoms. The van der Waals surface area contributed by atoms with Crippen molar-refractivity contribution in [3.8, 4) is 5.75 Å². The molecule has 2 aromatic carbocycles. The number of likely N-dealkylation sites (N-methyl/N-ethyl adjacent to an activating group) is 1. The van der Waals surface area contributed by atoms with Crippen LogP contribution in [0.25, 0.3) is 0 Å². The van der Waals surface area contributed by atoms with Crippen LogP contribution >= 0.6 is 0 Å². The summed E-state index contributed by atoms with van der Waals surface area (Å²) in [5, 5.41) is 10.1. The van der Waals surface area contributed by atoms with Gasteiger partial charge in [-0.2, -0.15) is 0 Å². The molecule has 2 aliphatic rings. The van der Waals surface area contributed by atoms with E-state index < -0.39 is 39.5 Å². The Morgan fingerprint density at radius 2 is 1.81 bits per heavy atom. The average Bonchev–Trinajstić information content (AvgIpc) is 3.38. The number of aromatic hydroxyl groups is 1. The van der Waals surface area contributed by atoms with Crippen LogP contribution in [0.1, 0.15) is 46.7 Å². The van der Waals surface area contributed by atoms with E-state index in [2.05, 4.69) is 0 Å². The van der Waals surface area contributed by atoms with Crippen molar-refractivity contribution < 1.29 is 32.3 Å². The molecule has 10 nitrogen and oxygen atoms in total. The van der Waals surface area contributed by atoms with Crippen LogP contribution in [0.15, 0.2) is 42.5 Å². The number of sulfonamides is 1. The molecule has 0 spiro atoms. The number of rotatable bonds is 10. The molecule has 3 N–H and O–H groups in total. The highest BCUT2D eigenvalue weighted by Crippen LogP contribution is 2.43. The maximum Gasteiger partial charge on any atom is 0.227 e. The van der Waals surface area contributed by atoms with Crippen molar-refractivity contribution in [2.75, 3.05) is 46.0 Å². The highest BCUT2D eigenvalue weighted by molar-refractivity contribution is 7.88. The number of hydrogen-bond acceptors (Lipinski definition) is 7. The van der Waals surface area contributed by atoms with Crippen LogP contribution in [0.5, 0.6) is 5.75 Å². The van der Waals surface area contributed by atoms with Crippen molar-refractivity contribution in [1.82, 2.24) is 14.1 Å². The van der Waals surface area contributed by atoms with Crippen molar-refractivity contribution in [2.45, 2.75) is 38.1 Å².